The molecule has 96 valence electrons. The van der Waals surface area contributed by atoms with Crippen molar-refractivity contribution in [1.29, 1.82) is 0 Å². The van der Waals surface area contributed by atoms with Crippen LogP contribution in [0.25, 0.3) is 11.4 Å². The second kappa shape index (κ2) is 4.12. The lowest BCUT2D eigenvalue weighted by Crippen LogP contribution is -2.13. The second-order valence-corrected chi connectivity index (χ2v) is 5.16. The molecule has 2 aromatic heterocycles. The van der Waals surface area contributed by atoms with E-state index in [4.69, 9.17) is 5.73 Å². The average molecular weight is 246 g/mol. The smallest absolute Gasteiger partial charge is 0.175 e. The SMILES string of the molecule is CC(Cn1nnc(N)c1-c1ccnn1C)C1CC1. The minimum Gasteiger partial charge on any atom is -0.380 e. The summed E-state index contributed by atoms with van der Waals surface area (Å²) in [4.78, 5) is 0. The summed E-state index contributed by atoms with van der Waals surface area (Å²) in [6, 6.07) is 1.94. The minimum atomic E-state index is 0.474. The standard InChI is InChI=1S/C12H18N6/c1-8(9-3-4-9)7-18-11(12(13)15-16-18)10-5-6-14-17(10)2/h5-6,8-9H,3-4,7,13H2,1-2H3. The van der Waals surface area contributed by atoms with Crippen molar-refractivity contribution >= 4 is 5.82 Å². The molecule has 6 heteroatoms. The highest BCUT2D eigenvalue weighted by atomic mass is 15.5. The molecule has 0 bridgehead atoms. The van der Waals surface area contributed by atoms with Gasteiger partial charge >= 0.3 is 0 Å². The Labute approximate surface area is 106 Å². The van der Waals surface area contributed by atoms with Crippen molar-refractivity contribution < 1.29 is 0 Å². The molecule has 3 rings (SSSR count). The molecule has 0 spiro atoms. The predicted octanol–water partition coefficient (Wildman–Crippen LogP) is 1.31. The molecule has 0 saturated heterocycles. The molecule has 1 atom stereocenters. The summed E-state index contributed by atoms with van der Waals surface area (Å²) in [6.45, 7) is 3.14. The molecule has 2 N–H and O–H groups in total. The summed E-state index contributed by atoms with van der Waals surface area (Å²) in [7, 11) is 1.90. The Kier molecular flexibility index (Phi) is 2.57. The van der Waals surface area contributed by atoms with Crippen molar-refractivity contribution in [2.75, 3.05) is 5.73 Å². The maximum atomic E-state index is 5.93. The van der Waals surface area contributed by atoms with E-state index in [1.54, 1.807) is 10.9 Å². The van der Waals surface area contributed by atoms with Crippen molar-refractivity contribution in [3.63, 3.8) is 0 Å². The molecule has 0 aliphatic heterocycles. The normalized spacial score (nSPS) is 17.0. The molecular weight excluding hydrogens is 228 g/mol. The van der Waals surface area contributed by atoms with Crippen LogP contribution in [0.4, 0.5) is 5.82 Å². The number of anilines is 1. The molecule has 18 heavy (non-hydrogen) atoms. The number of nitrogens with two attached hydrogens (primary N) is 1. The molecule has 1 aliphatic rings. The zero-order valence-corrected chi connectivity index (χ0v) is 10.7. The lowest BCUT2D eigenvalue weighted by Gasteiger charge is -2.12. The zero-order valence-electron chi connectivity index (χ0n) is 10.7. The molecule has 1 aliphatic carbocycles. The van der Waals surface area contributed by atoms with Gasteiger partial charge in [-0.25, -0.2) is 4.68 Å². The van der Waals surface area contributed by atoms with Gasteiger partial charge in [-0.2, -0.15) is 5.10 Å². The van der Waals surface area contributed by atoms with Crippen LogP contribution < -0.4 is 5.73 Å². The van der Waals surface area contributed by atoms with E-state index in [0.717, 1.165) is 23.9 Å². The van der Waals surface area contributed by atoms with Crippen LogP contribution in [0.3, 0.4) is 0 Å². The van der Waals surface area contributed by atoms with E-state index in [1.165, 1.54) is 12.8 Å². The van der Waals surface area contributed by atoms with Gasteiger partial charge in [0, 0.05) is 19.8 Å². The van der Waals surface area contributed by atoms with Gasteiger partial charge in [0.25, 0.3) is 0 Å². The maximum Gasteiger partial charge on any atom is 0.175 e. The third-order valence-electron chi connectivity index (χ3n) is 3.71. The van der Waals surface area contributed by atoms with Gasteiger partial charge in [0.15, 0.2) is 5.82 Å². The largest absolute Gasteiger partial charge is 0.380 e. The van der Waals surface area contributed by atoms with E-state index in [0.29, 0.717) is 11.7 Å². The van der Waals surface area contributed by atoms with Gasteiger partial charge in [-0.3, -0.25) is 4.68 Å². The van der Waals surface area contributed by atoms with Crippen molar-refractivity contribution in [1.82, 2.24) is 24.8 Å². The first-order valence-electron chi connectivity index (χ1n) is 6.34. The number of nitrogens with zero attached hydrogens (tertiary/aromatic N) is 5. The van der Waals surface area contributed by atoms with Crippen LogP contribution in [0.1, 0.15) is 19.8 Å². The van der Waals surface area contributed by atoms with E-state index in [2.05, 4.69) is 22.3 Å². The van der Waals surface area contributed by atoms with Crippen LogP contribution >= 0.6 is 0 Å². The third kappa shape index (κ3) is 1.87. The number of aromatic nitrogens is 5. The van der Waals surface area contributed by atoms with E-state index >= 15 is 0 Å². The van der Waals surface area contributed by atoms with Crippen LogP contribution in [-0.4, -0.2) is 24.8 Å². The van der Waals surface area contributed by atoms with E-state index in [-0.39, 0.29) is 0 Å². The Morgan fingerprint density at radius 3 is 2.89 bits per heavy atom. The van der Waals surface area contributed by atoms with Crippen molar-refractivity contribution in [3.05, 3.63) is 12.3 Å². The molecule has 2 aromatic rings. The highest BCUT2D eigenvalue weighted by molar-refractivity contribution is 5.66. The van der Waals surface area contributed by atoms with Crippen molar-refractivity contribution in [3.8, 4) is 11.4 Å². The van der Waals surface area contributed by atoms with Crippen molar-refractivity contribution in [2.45, 2.75) is 26.3 Å². The fraction of sp³-hybridized carbons (Fsp3) is 0.583. The molecule has 0 radical (unpaired) electrons. The quantitative estimate of drug-likeness (QED) is 0.882. The lowest BCUT2D eigenvalue weighted by atomic mass is 10.1. The fourth-order valence-electron chi connectivity index (χ4n) is 2.41. The number of aryl methyl sites for hydroxylation is 1. The molecule has 6 nitrogen and oxygen atoms in total. The average Bonchev–Trinajstić information content (AvgIpc) is 3.03. The topological polar surface area (TPSA) is 74.6 Å². The van der Waals surface area contributed by atoms with Gasteiger partial charge in [0.2, 0.25) is 0 Å². The minimum absolute atomic E-state index is 0.474. The number of rotatable bonds is 4. The molecular formula is C12H18N6. The number of hydrogen-bond donors (Lipinski definition) is 1. The molecule has 2 heterocycles. The Balaban J connectivity index is 1.93. The first kappa shape index (κ1) is 11.3. The predicted molar refractivity (Wildman–Crippen MR) is 68.5 cm³/mol. The van der Waals surface area contributed by atoms with Crippen molar-refractivity contribution in [2.24, 2.45) is 18.9 Å². The Morgan fingerprint density at radius 2 is 2.28 bits per heavy atom. The monoisotopic (exact) mass is 246 g/mol. The summed E-state index contributed by atoms with van der Waals surface area (Å²) in [5.74, 6) is 1.94. The van der Waals surface area contributed by atoms with Gasteiger partial charge in [0.1, 0.15) is 5.69 Å². The molecule has 1 saturated carbocycles. The van der Waals surface area contributed by atoms with E-state index in [9.17, 15) is 0 Å². The number of hydrogen-bond acceptors (Lipinski definition) is 4. The summed E-state index contributed by atoms with van der Waals surface area (Å²) in [5.41, 5.74) is 7.77. The van der Waals surface area contributed by atoms with Crippen LogP contribution in [0.2, 0.25) is 0 Å². The molecule has 1 fully saturated rings. The van der Waals surface area contributed by atoms with Crippen LogP contribution in [0.15, 0.2) is 12.3 Å². The summed E-state index contributed by atoms with van der Waals surface area (Å²) >= 11 is 0. The highest BCUT2D eigenvalue weighted by Gasteiger charge is 2.29. The molecule has 1 unspecified atom stereocenters. The lowest BCUT2D eigenvalue weighted by molar-refractivity contribution is 0.402. The van der Waals surface area contributed by atoms with Gasteiger partial charge in [-0.15, -0.1) is 5.10 Å². The van der Waals surface area contributed by atoms with Crippen LogP contribution in [-0.2, 0) is 13.6 Å². The third-order valence-corrected chi connectivity index (χ3v) is 3.71. The van der Waals surface area contributed by atoms with E-state index < -0.39 is 0 Å². The summed E-state index contributed by atoms with van der Waals surface area (Å²) in [6.07, 6.45) is 4.44. The Bertz CT molecular complexity index is 551. The van der Waals surface area contributed by atoms with Gasteiger partial charge in [-0.1, -0.05) is 12.1 Å². The first-order chi connectivity index (χ1) is 8.66. The Hall–Kier alpha value is -1.85. The fourth-order valence-corrected chi connectivity index (χ4v) is 2.41. The van der Waals surface area contributed by atoms with E-state index in [1.807, 2.05) is 17.8 Å². The number of nitrogen functional groups attached to an aromatic ring is 1. The first-order valence-corrected chi connectivity index (χ1v) is 6.34. The molecule has 0 aromatic carbocycles. The van der Waals surface area contributed by atoms with Gasteiger partial charge < -0.3 is 5.73 Å². The molecule has 0 amide bonds. The highest BCUT2D eigenvalue weighted by Crippen LogP contribution is 2.38. The van der Waals surface area contributed by atoms with Crippen LogP contribution in [0, 0.1) is 11.8 Å². The summed E-state index contributed by atoms with van der Waals surface area (Å²) < 4.78 is 3.71. The van der Waals surface area contributed by atoms with Crippen LogP contribution in [0.5, 0.6) is 0 Å². The Morgan fingerprint density at radius 1 is 1.50 bits per heavy atom. The summed E-state index contributed by atoms with van der Waals surface area (Å²) in [5, 5.41) is 12.3. The van der Waals surface area contributed by atoms with Gasteiger partial charge in [0.05, 0.1) is 5.69 Å². The second-order valence-electron chi connectivity index (χ2n) is 5.16. The zero-order chi connectivity index (χ0) is 12.7. The maximum absolute atomic E-state index is 5.93. The van der Waals surface area contributed by atoms with Gasteiger partial charge in [-0.05, 0) is 30.7 Å².